The molecule has 0 radical (unpaired) electrons. The van der Waals surface area contributed by atoms with Crippen LogP contribution in [0.25, 0.3) is 0 Å². The molecule has 0 fully saturated rings. The molecule has 0 unspecified atom stereocenters. The van der Waals surface area contributed by atoms with E-state index in [2.05, 4.69) is 11.9 Å². The maximum Gasteiger partial charge on any atom is 0.254 e. The summed E-state index contributed by atoms with van der Waals surface area (Å²) in [5, 5.41) is 2.39. The van der Waals surface area contributed by atoms with Gasteiger partial charge >= 0.3 is 0 Å². The third kappa shape index (κ3) is 2.39. The Bertz CT molecular complexity index is 363. The fourth-order valence-electron chi connectivity index (χ4n) is 0.934. The summed E-state index contributed by atoms with van der Waals surface area (Å²) in [7, 11) is 0. The van der Waals surface area contributed by atoms with Gasteiger partial charge in [-0.05, 0) is 12.1 Å². The summed E-state index contributed by atoms with van der Waals surface area (Å²) >= 11 is 0. The van der Waals surface area contributed by atoms with Crippen LogP contribution in [0.3, 0.4) is 0 Å². The van der Waals surface area contributed by atoms with Crippen LogP contribution < -0.4 is 5.32 Å². The molecule has 1 rings (SSSR count). The summed E-state index contributed by atoms with van der Waals surface area (Å²) in [6.45, 7) is 3.64. The quantitative estimate of drug-likeness (QED) is 0.736. The molecule has 0 aliphatic heterocycles. The Hall–Kier alpha value is -1.71. The number of rotatable bonds is 3. The Morgan fingerprint density at radius 2 is 2.21 bits per heavy atom. The van der Waals surface area contributed by atoms with Crippen molar-refractivity contribution in [3.63, 3.8) is 0 Å². The summed E-state index contributed by atoms with van der Waals surface area (Å²) in [6.07, 6.45) is 1.47. The second-order valence-corrected chi connectivity index (χ2v) is 2.62. The topological polar surface area (TPSA) is 29.1 Å². The molecular formula is C10H9F2NO. The van der Waals surface area contributed by atoms with E-state index in [1.807, 2.05) is 0 Å². The molecule has 4 heteroatoms. The Morgan fingerprint density at radius 1 is 1.50 bits per heavy atom. The van der Waals surface area contributed by atoms with Crippen LogP contribution in [0.5, 0.6) is 0 Å². The normalized spacial score (nSPS) is 9.57. The third-order valence-electron chi connectivity index (χ3n) is 1.58. The molecule has 0 bridgehead atoms. The lowest BCUT2D eigenvalue weighted by Gasteiger charge is -2.03. The van der Waals surface area contributed by atoms with Crippen LogP contribution in [0.1, 0.15) is 10.4 Å². The van der Waals surface area contributed by atoms with Gasteiger partial charge in [0.2, 0.25) is 0 Å². The van der Waals surface area contributed by atoms with Gasteiger partial charge in [-0.25, -0.2) is 8.78 Å². The van der Waals surface area contributed by atoms with Crippen LogP contribution in [0.2, 0.25) is 0 Å². The number of benzene rings is 1. The zero-order chi connectivity index (χ0) is 10.6. The van der Waals surface area contributed by atoms with Crippen molar-refractivity contribution in [2.75, 3.05) is 6.54 Å². The van der Waals surface area contributed by atoms with Gasteiger partial charge in [-0.1, -0.05) is 6.08 Å². The van der Waals surface area contributed by atoms with E-state index in [9.17, 15) is 13.6 Å². The van der Waals surface area contributed by atoms with Gasteiger partial charge in [0, 0.05) is 12.6 Å². The number of hydrogen-bond acceptors (Lipinski definition) is 1. The first-order valence-corrected chi connectivity index (χ1v) is 3.99. The number of amides is 1. The Balaban J connectivity index is 2.84. The predicted molar refractivity (Wildman–Crippen MR) is 48.9 cm³/mol. The van der Waals surface area contributed by atoms with Crippen molar-refractivity contribution in [3.8, 4) is 0 Å². The first-order valence-electron chi connectivity index (χ1n) is 3.99. The van der Waals surface area contributed by atoms with Crippen LogP contribution >= 0.6 is 0 Å². The van der Waals surface area contributed by atoms with Crippen LogP contribution in [0.15, 0.2) is 30.9 Å². The molecule has 0 aliphatic carbocycles. The SMILES string of the molecule is C=CCNC(=O)c1ccc(F)cc1F. The van der Waals surface area contributed by atoms with Gasteiger partial charge in [-0.15, -0.1) is 6.58 Å². The highest BCUT2D eigenvalue weighted by Crippen LogP contribution is 2.08. The maximum absolute atomic E-state index is 13.0. The molecule has 0 heterocycles. The number of carbonyl (C=O) groups excluding carboxylic acids is 1. The Labute approximate surface area is 80.2 Å². The molecule has 0 saturated carbocycles. The van der Waals surface area contributed by atoms with Gasteiger partial charge in [0.05, 0.1) is 5.56 Å². The smallest absolute Gasteiger partial charge is 0.254 e. The highest BCUT2D eigenvalue weighted by Gasteiger charge is 2.10. The molecule has 14 heavy (non-hydrogen) atoms. The van der Waals surface area contributed by atoms with Crippen molar-refractivity contribution in [1.29, 1.82) is 0 Å². The lowest BCUT2D eigenvalue weighted by atomic mass is 10.2. The second kappa shape index (κ2) is 4.50. The van der Waals surface area contributed by atoms with Crippen molar-refractivity contribution in [2.45, 2.75) is 0 Å². The lowest BCUT2D eigenvalue weighted by Crippen LogP contribution is -2.24. The van der Waals surface area contributed by atoms with Crippen molar-refractivity contribution in [3.05, 3.63) is 48.1 Å². The molecule has 0 atom stereocenters. The molecule has 2 nitrogen and oxygen atoms in total. The van der Waals surface area contributed by atoms with E-state index in [1.165, 1.54) is 6.08 Å². The van der Waals surface area contributed by atoms with Gasteiger partial charge in [0.25, 0.3) is 5.91 Å². The minimum absolute atomic E-state index is 0.173. The molecular weight excluding hydrogens is 188 g/mol. The van der Waals surface area contributed by atoms with E-state index in [1.54, 1.807) is 0 Å². The molecule has 0 aromatic heterocycles. The minimum Gasteiger partial charge on any atom is -0.348 e. The van der Waals surface area contributed by atoms with Gasteiger partial charge in [-0.2, -0.15) is 0 Å². The molecule has 1 amide bonds. The monoisotopic (exact) mass is 197 g/mol. The van der Waals surface area contributed by atoms with Crippen molar-refractivity contribution in [2.24, 2.45) is 0 Å². The Morgan fingerprint density at radius 3 is 2.79 bits per heavy atom. The summed E-state index contributed by atoms with van der Waals surface area (Å²) in [4.78, 5) is 11.2. The molecule has 74 valence electrons. The van der Waals surface area contributed by atoms with Crippen molar-refractivity contribution >= 4 is 5.91 Å². The van der Waals surface area contributed by atoms with Crippen LogP contribution in [0, 0.1) is 11.6 Å². The van der Waals surface area contributed by atoms with E-state index in [-0.39, 0.29) is 12.1 Å². The predicted octanol–water partition coefficient (Wildman–Crippen LogP) is 1.88. The van der Waals surface area contributed by atoms with Crippen LogP contribution in [0.4, 0.5) is 8.78 Å². The van der Waals surface area contributed by atoms with Gasteiger partial charge in [0.1, 0.15) is 11.6 Å². The highest BCUT2D eigenvalue weighted by atomic mass is 19.1. The standard InChI is InChI=1S/C10H9F2NO/c1-2-5-13-10(14)8-4-3-7(11)6-9(8)12/h2-4,6H,1,5H2,(H,13,14). The van der Waals surface area contributed by atoms with Gasteiger partial charge < -0.3 is 5.32 Å². The summed E-state index contributed by atoms with van der Waals surface area (Å²) in [5.74, 6) is -2.16. The number of halogens is 2. The zero-order valence-electron chi connectivity index (χ0n) is 7.39. The van der Waals surface area contributed by atoms with Crippen LogP contribution in [-0.2, 0) is 0 Å². The Kier molecular flexibility index (Phi) is 3.34. The molecule has 0 aliphatic rings. The molecule has 1 aromatic carbocycles. The summed E-state index contributed by atoms with van der Waals surface area (Å²) in [6, 6.07) is 2.80. The number of hydrogen-bond donors (Lipinski definition) is 1. The van der Waals surface area contributed by atoms with Crippen molar-refractivity contribution in [1.82, 2.24) is 5.32 Å². The zero-order valence-corrected chi connectivity index (χ0v) is 7.39. The van der Waals surface area contributed by atoms with E-state index < -0.39 is 17.5 Å². The third-order valence-corrected chi connectivity index (χ3v) is 1.58. The van der Waals surface area contributed by atoms with Crippen molar-refractivity contribution < 1.29 is 13.6 Å². The molecule has 1 aromatic rings. The largest absolute Gasteiger partial charge is 0.348 e. The molecule has 1 N–H and O–H groups in total. The summed E-state index contributed by atoms with van der Waals surface area (Å²) in [5.41, 5.74) is -0.173. The number of carbonyl (C=O) groups is 1. The fraction of sp³-hybridized carbons (Fsp3) is 0.100. The maximum atomic E-state index is 13.0. The van der Waals surface area contributed by atoms with Gasteiger partial charge in [-0.3, -0.25) is 4.79 Å². The molecule has 0 saturated heterocycles. The highest BCUT2D eigenvalue weighted by molar-refractivity contribution is 5.94. The average molecular weight is 197 g/mol. The average Bonchev–Trinajstić information content (AvgIpc) is 2.14. The fourth-order valence-corrected chi connectivity index (χ4v) is 0.934. The molecule has 0 spiro atoms. The second-order valence-electron chi connectivity index (χ2n) is 2.62. The first-order chi connectivity index (χ1) is 6.65. The van der Waals surface area contributed by atoms with E-state index in [0.717, 1.165) is 12.1 Å². The first kappa shape index (κ1) is 10.4. The van der Waals surface area contributed by atoms with Crippen LogP contribution in [-0.4, -0.2) is 12.5 Å². The lowest BCUT2D eigenvalue weighted by molar-refractivity contribution is 0.0954. The minimum atomic E-state index is -0.869. The van der Waals surface area contributed by atoms with E-state index >= 15 is 0 Å². The van der Waals surface area contributed by atoms with E-state index in [0.29, 0.717) is 6.07 Å². The van der Waals surface area contributed by atoms with E-state index in [4.69, 9.17) is 0 Å². The number of nitrogens with one attached hydrogen (secondary N) is 1. The van der Waals surface area contributed by atoms with Gasteiger partial charge in [0.15, 0.2) is 0 Å². The summed E-state index contributed by atoms with van der Waals surface area (Å²) < 4.78 is 25.5.